The van der Waals surface area contributed by atoms with E-state index in [-0.39, 0.29) is 30.2 Å². The van der Waals surface area contributed by atoms with Crippen LogP contribution < -0.4 is 16.8 Å². The summed E-state index contributed by atoms with van der Waals surface area (Å²) in [6.45, 7) is 20.4. The van der Waals surface area contributed by atoms with E-state index in [1.165, 1.54) is 38.8 Å². The lowest BCUT2D eigenvalue weighted by Crippen LogP contribution is -2.44. The molecule has 15 heteroatoms. The van der Waals surface area contributed by atoms with Crippen molar-refractivity contribution in [3.63, 3.8) is 0 Å². The van der Waals surface area contributed by atoms with Crippen molar-refractivity contribution >= 4 is 73.9 Å². The maximum atomic E-state index is 12.5. The van der Waals surface area contributed by atoms with E-state index < -0.39 is 17.1 Å². The molecule has 3 saturated heterocycles. The van der Waals surface area contributed by atoms with Gasteiger partial charge in [-0.1, -0.05) is 20.8 Å². The molecule has 3 aliphatic heterocycles. The highest BCUT2D eigenvalue weighted by Gasteiger charge is 2.36. The summed E-state index contributed by atoms with van der Waals surface area (Å²) in [5, 5.41) is 3.50. The molecule has 0 saturated carbocycles. The van der Waals surface area contributed by atoms with Gasteiger partial charge >= 0.3 is 12.2 Å². The van der Waals surface area contributed by atoms with Crippen LogP contribution in [0.4, 0.5) is 9.59 Å². The molecule has 3 aliphatic rings. The normalized spacial score (nSPS) is 24.0. The predicted octanol–water partition coefficient (Wildman–Crippen LogP) is 10.7. The molecule has 6 rings (SSSR count). The summed E-state index contributed by atoms with van der Waals surface area (Å²) in [5.41, 5.74) is 9.59. The van der Waals surface area contributed by atoms with E-state index in [9.17, 15) is 19.2 Å². The van der Waals surface area contributed by atoms with Gasteiger partial charge in [0.1, 0.15) is 11.2 Å². The van der Waals surface area contributed by atoms with Crippen LogP contribution in [-0.4, -0.2) is 64.6 Å². The lowest BCUT2D eigenvalue weighted by Gasteiger charge is -2.38. The first-order valence-electron chi connectivity index (χ1n) is 19.9. The van der Waals surface area contributed by atoms with Crippen LogP contribution in [0.15, 0.2) is 40.2 Å². The lowest BCUT2D eigenvalue weighted by molar-refractivity contribution is 0.00323. The van der Waals surface area contributed by atoms with Crippen molar-refractivity contribution in [3.05, 3.63) is 64.6 Å². The monoisotopic (exact) mass is 907 g/mol. The molecule has 3 aromatic rings. The molecular weight excluding hydrogens is 847 g/mol. The van der Waals surface area contributed by atoms with E-state index in [1.807, 2.05) is 70.7 Å². The van der Waals surface area contributed by atoms with Crippen LogP contribution in [0.1, 0.15) is 153 Å². The van der Waals surface area contributed by atoms with Crippen molar-refractivity contribution in [2.24, 2.45) is 29.2 Å². The van der Waals surface area contributed by atoms with E-state index >= 15 is 0 Å². The van der Waals surface area contributed by atoms with E-state index in [1.54, 1.807) is 22.3 Å². The first kappa shape index (κ1) is 46.7. The second-order valence-electron chi connectivity index (χ2n) is 17.6. The van der Waals surface area contributed by atoms with Gasteiger partial charge in [0.05, 0.1) is 25.6 Å². The minimum Gasteiger partial charge on any atom is -0.444 e. The van der Waals surface area contributed by atoms with Gasteiger partial charge in [-0.3, -0.25) is 9.59 Å². The van der Waals surface area contributed by atoms with Gasteiger partial charge in [0.2, 0.25) is 0 Å². The third-order valence-electron chi connectivity index (χ3n) is 9.89. The van der Waals surface area contributed by atoms with E-state index in [2.05, 4.69) is 48.1 Å². The van der Waals surface area contributed by atoms with Crippen LogP contribution in [0.3, 0.4) is 0 Å². The molecule has 0 radical (unpaired) electrons. The molecule has 3 aromatic heterocycles. The number of amides is 4. The zero-order valence-corrected chi connectivity index (χ0v) is 38.9. The fourth-order valence-corrected chi connectivity index (χ4v) is 10.6. The number of hydrogen-bond acceptors (Lipinski definition) is 10. The maximum absolute atomic E-state index is 12.5. The average Bonchev–Trinajstić information content (AvgIpc) is 3.90. The molecule has 6 atom stereocenters. The SMILES string of the molecule is C[C@@H]1CC[C@@H](c2ccc(Br)s2)N(C(=O)OC(C)(C)C)C1.C[C@@H]1CC[C@@H](c2ccc(C(N)=O)s2)N(C(=O)OC(C)(C)C)C1.C[C@@H]1CC[C@@H](c2ccc(C(N)=O)s2)NC1. The van der Waals surface area contributed by atoms with Crippen LogP contribution in [-0.2, 0) is 9.47 Å². The number of ether oxygens (including phenoxy) is 2. The Kier molecular flexibility index (Phi) is 16.7. The molecule has 4 amide bonds. The number of halogens is 1. The molecule has 0 aliphatic carbocycles. The number of primary amides is 2. The number of likely N-dealkylation sites (tertiary alicyclic amines) is 2. The van der Waals surface area contributed by atoms with Crippen molar-refractivity contribution in [2.75, 3.05) is 19.6 Å². The van der Waals surface area contributed by atoms with Crippen LogP contribution in [0.5, 0.6) is 0 Å². The number of piperidine rings is 3. The topological polar surface area (TPSA) is 157 Å². The fourth-order valence-electron chi connectivity index (χ4n) is 7.03. The van der Waals surface area contributed by atoms with Crippen LogP contribution in [0.25, 0.3) is 0 Å². The molecule has 11 nitrogen and oxygen atoms in total. The molecule has 57 heavy (non-hydrogen) atoms. The van der Waals surface area contributed by atoms with Crippen LogP contribution >= 0.6 is 49.9 Å². The average molecular weight is 909 g/mol. The molecule has 0 bridgehead atoms. The lowest BCUT2D eigenvalue weighted by atomic mass is 9.93. The van der Waals surface area contributed by atoms with Crippen LogP contribution in [0.2, 0.25) is 0 Å². The van der Waals surface area contributed by atoms with Gasteiger partial charge in [0.25, 0.3) is 11.8 Å². The van der Waals surface area contributed by atoms with Crippen molar-refractivity contribution < 1.29 is 28.7 Å². The minimum atomic E-state index is -0.518. The second-order valence-corrected chi connectivity index (χ2v) is 22.3. The molecule has 5 N–H and O–H groups in total. The number of carbonyl (C=O) groups excluding carboxylic acids is 4. The molecule has 0 unspecified atom stereocenters. The number of nitrogens with two attached hydrogens (primary N) is 2. The van der Waals surface area contributed by atoms with Crippen LogP contribution in [0, 0.1) is 17.8 Å². The minimum absolute atomic E-state index is 0.0378. The summed E-state index contributed by atoms with van der Waals surface area (Å²) in [4.78, 5) is 55.5. The Hall–Kier alpha value is -2.98. The molecular formula is C42H62BrN5O6S3. The van der Waals surface area contributed by atoms with Gasteiger partial charge in [-0.15, -0.1) is 34.0 Å². The summed E-state index contributed by atoms with van der Waals surface area (Å²) in [5.74, 6) is 0.984. The fraction of sp³-hybridized carbons (Fsp3) is 0.619. The van der Waals surface area contributed by atoms with Gasteiger partial charge in [-0.25, -0.2) is 9.59 Å². The Morgan fingerprint density at radius 2 is 1.05 bits per heavy atom. The number of rotatable bonds is 5. The maximum Gasteiger partial charge on any atom is 0.410 e. The quantitative estimate of drug-likeness (QED) is 0.230. The molecule has 0 spiro atoms. The van der Waals surface area contributed by atoms with Crippen molar-refractivity contribution in [2.45, 2.75) is 130 Å². The van der Waals surface area contributed by atoms with Gasteiger partial charge in [0, 0.05) is 33.8 Å². The van der Waals surface area contributed by atoms with Crippen molar-refractivity contribution in [1.82, 2.24) is 15.1 Å². The molecule has 6 heterocycles. The Labute approximate surface area is 359 Å². The van der Waals surface area contributed by atoms with Gasteiger partial charge in [-0.05, 0) is 157 Å². The van der Waals surface area contributed by atoms with E-state index in [0.717, 1.165) is 59.8 Å². The zero-order valence-electron chi connectivity index (χ0n) is 34.9. The summed E-state index contributed by atoms with van der Waals surface area (Å²) in [6, 6.07) is 12.1. The standard InChI is InChI=1S/C16H24N2O3S.C15H22BrNO2S.C11H16N2OS/c1-10-5-6-11(12-7-8-13(22-12)14(17)19)18(9-10)15(20)21-16(2,3)4;1-10-5-6-11(12-7-8-13(16)20-12)17(9-10)14(18)19-15(2,3)4;1-7-2-3-8(13-6-7)9-4-5-10(15-9)11(12)14/h7-8,10-11H,5-6,9H2,1-4H3,(H2,17,19);7-8,10-11H,5-6,9H2,1-4H3;4-5,7-8,13H,2-3,6H2,1H3,(H2,12,14)/t2*10-,11+;7-,8+/m111/s1. The smallest absolute Gasteiger partial charge is 0.410 e. The van der Waals surface area contributed by atoms with E-state index in [4.69, 9.17) is 20.9 Å². The highest BCUT2D eigenvalue weighted by atomic mass is 79.9. The summed E-state index contributed by atoms with van der Waals surface area (Å²) in [6.07, 6.45) is 6.00. The molecule has 316 valence electrons. The third-order valence-corrected chi connectivity index (χ3v) is 14.0. The number of nitrogens with one attached hydrogen (secondary N) is 1. The van der Waals surface area contributed by atoms with Gasteiger partial charge in [-0.2, -0.15) is 0 Å². The Balaban J connectivity index is 0.000000193. The predicted molar refractivity (Wildman–Crippen MR) is 235 cm³/mol. The summed E-state index contributed by atoms with van der Waals surface area (Å²) in [7, 11) is 0. The summed E-state index contributed by atoms with van der Waals surface area (Å²) >= 11 is 8.08. The largest absolute Gasteiger partial charge is 0.444 e. The van der Waals surface area contributed by atoms with Crippen molar-refractivity contribution in [3.8, 4) is 0 Å². The highest BCUT2D eigenvalue weighted by molar-refractivity contribution is 9.11. The number of carbonyl (C=O) groups is 4. The zero-order chi connectivity index (χ0) is 42.2. The third kappa shape index (κ3) is 14.4. The molecule has 0 aromatic carbocycles. The Morgan fingerprint density at radius 3 is 1.44 bits per heavy atom. The Morgan fingerprint density at radius 1 is 0.632 bits per heavy atom. The molecule has 3 fully saturated rings. The number of hydrogen-bond donors (Lipinski definition) is 3. The second kappa shape index (κ2) is 20.3. The van der Waals surface area contributed by atoms with Gasteiger partial charge in [0.15, 0.2) is 0 Å². The number of thiophene rings is 3. The summed E-state index contributed by atoms with van der Waals surface area (Å²) < 4.78 is 12.2. The van der Waals surface area contributed by atoms with Gasteiger partial charge < -0.3 is 36.1 Å². The van der Waals surface area contributed by atoms with Crippen molar-refractivity contribution in [1.29, 1.82) is 0 Å². The number of nitrogens with zero attached hydrogens (tertiary/aromatic N) is 2. The first-order chi connectivity index (χ1) is 26.6. The Bertz CT molecular complexity index is 1800. The van der Waals surface area contributed by atoms with E-state index in [0.29, 0.717) is 34.2 Å². The highest BCUT2D eigenvalue weighted by Crippen LogP contribution is 2.40. The first-order valence-corrected chi connectivity index (χ1v) is 23.1.